The summed E-state index contributed by atoms with van der Waals surface area (Å²) in [5.74, 6) is 1.000. The Balaban J connectivity index is 1.73. The van der Waals surface area contributed by atoms with Gasteiger partial charge in [0.1, 0.15) is 0 Å². The molecule has 0 unspecified atom stereocenters. The van der Waals surface area contributed by atoms with Crippen molar-refractivity contribution in [2.45, 2.75) is 50.7 Å². The van der Waals surface area contributed by atoms with Crippen LogP contribution in [0.25, 0.3) is 0 Å². The number of hydrogen-bond donors (Lipinski definition) is 2. The predicted molar refractivity (Wildman–Crippen MR) is 88.2 cm³/mol. The molecule has 0 aliphatic heterocycles. The van der Waals surface area contributed by atoms with Gasteiger partial charge in [-0.3, -0.25) is 4.79 Å². The summed E-state index contributed by atoms with van der Waals surface area (Å²) in [5, 5.41) is 3.73. The number of carbonyl (C=O) groups excluding carboxylic acids is 1. The SMILES string of the molecule is Cc1c(N)cccc1NC(=O)CCSC1CCCCC1. The molecule has 0 spiro atoms. The molecule has 110 valence electrons. The maximum atomic E-state index is 12.0. The largest absolute Gasteiger partial charge is 0.398 e. The molecule has 0 aromatic heterocycles. The van der Waals surface area contributed by atoms with E-state index < -0.39 is 0 Å². The molecule has 0 bridgehead atoms. The second kappa shape index (κ2) is 7.58. The van der Waals surface area contributed by atoms with Crippen LogP contribution in [-0.2, 0) is 4.79 Å². The van der Waals surface area contributed by atoms with Gasteiger partial charge in [0.2, 0.25) is 5.91 Å². The van der Waals surface area contributed by atoms with E-state index in [4.69, 9.17) is 5.73 Å². The lowest BCUT2D eigenvalue weighted by Crippen LogP contribution is -2.15. The molecule has 0 atom stereocenters. The number of thioether (sulfide) groups is 1. The van der Waals surface area contributed by atoms with E-state index in [2.05, 4.69) is 5.32 Å². The maximum absolute atomic E-state index is 12.0. The van der Waals surface area contributed by atoms with Crippen LogP contribution < -0.4 is 11.1 Å². The van der Waals surface area contributed by atoms with Crippen LogP contribution in [-0.4, -0.2) is 16.9 Å². The molecule has 1 aromatic rings. The van der Waals surface area contributed by atoms with Gasteiger partial charge in [-0.05, 0) is 37.5 Å². The second-order valence-corrected chi connectivity index (χ2v) is 6.86. The first-order chi connectivity index (χ1) is 9.66. The van der Waals surface area contributed by atoms with Gasteiger partial charge in [0.15, 0.2) is 0 Å². The van der Waals surface area contributed by atoms with E-state index >= 15 is 0 Å². The van der Waals surface area contributed by atoms with Crippen molar-refractivity contribution in [3.8, 4) is 0 Å². The first-order valence-electron chi connectivity index (χ1n) is 7.43. The summed E-state index contributed by atoms with van der Waals surface area (Å²) in [5.41, 5.74) is 8.34. The number of anilines is 2. The number of nitrogen functional groups attached to an aromatic ring is 1. The Kier molecular flexibility index (Phi) is 5.77. The minimum absolute atomic E-state index is 0.0852. The third-order valence-electron chi connectivity index (χ3n) is 3.88. The Bertz CT molecular complexity index is 456. The van der Waals surface area contributed by atoms with Gasteiger partial charge in [0, 0.05) is 28.8 Å². The highest BCUT2D eigenvalue weighted by Crippen LogP contribution is 2.28. The fourth-order valence-corrected chi connectivity index (χ4v) is 3.85. The molecule has 1 aromatic carbocycles. The molecule has 1 aliphatic rings. The molecular formula is C16H24N2OS. The second-order valence-electron chi connectivity index (χ2n) is 5.45. The zero-order valence-corrected chi connectivity index (χ0v) is 13.0. The zero-order valence-electron chi connectivity index (χ0n) is 12.2. The average Bonchev–Trinajstić information content (AvgIpc) is 2.45. The van der Waals surface area contributed by atoms with Crippen molar-refractivity contribution in [3.63, 3.8) is 0 Å². The molecule has 2 rings (SSSR count). The standard InChI is InChI=1S/C16H24N2OS/c1-12-14(17)8-5-9-15(12)18-16(19)10-11-20-13-6-3-2-4-7-13/h5,8-9,13H,2-4,6-7,10-11,17H2,1H3,(H,18,19). The minimum Gasteiger partial charge on any atom is -0.398 e. The fraction of sp³-hybridized carbons (Fsp3) is 0.562. The molecule has 1 fully saturated rings. The molecule has 1 saturated carbocycles. The highest BCUT2D eigenvalue weighted by atomic mass is 32.2. The number of nitrogens with two attached hydrogens (primary N) is 1. The van der Waals surface area contributed by atoms with E-state index in [9.17, 15) is 4.79 Å². The lowest BCUT2D eigenvalue weighted by atomic mass is 10.0. The van der Waals surface area contributed by atoms with Crippen molar-refractivity contribution < 1.29 is 4.79 Å². The molecule has 20 heavy (non-hydrogen) atoms. The normalized spacial score (nSPS) is 16.1. The smallest absolute Gasteiger partial charge is 0.225 e. The van der Waals surface area contributed by atoms with Gasteiger partial charge in [-0.25, -0.2) is 0 Å². The van der Waals surface area contributed by atoms with E-state index in [1.54, 1.807) is 0 Å². The van der Waals surface area contributed by atoms with E-state index in [0.29, 0.717) is 6.42 Å². The number of carbonyl (C=O) groups is 1. The number of benzene rings is 1. The Labute approximate surface area is 125 Å². The fourth-order valence-electron chi connectivity index (χ4n) is 2.55. The zero-order chi connectivity index (χ0) is 14.4. The van der Waals surface area contributed by atoms with E-state index in [0.717, 1.165) is 27.9 Å². The summed E-state index contributed by atoms with van der Waals surface area (Å²) < 4.78 is 0. The van der Waals surface area contributed by atoms with Gasteiger partial charge in [-0.2, -0.15) is 11.8 Å². The molecule has 1 aliphatic carbocycles. The van der Waals surface area contributed by atoms with Crippen LogP contribution in [0, 0.1) is 6.92 Å². The number of amides is 1. The molecule has 0 heterocycles. The van der Waals surface area contributed by atoms with Gasteiger partial charge < -0.3 is 11.1 Å². The number of nitrogens with one attached hydrogen (secondary N) is 1. The van der Waals surface area contributed by atoms with E-state index in [1.165, 1.54) is 32.1 Å². The minimum atomic E-state index is 0.0852. The van der Waals surface area contributed by atoms with Crippen LogP contribution in [0.1, 0.15) is 44.1 Å². The van der Waals surface area contributed by atoms with Crippen molar-refractivity contribution in [1.82, 2.24) is 0 Å². The van der Waals surface area contributed by atoms with Crippen LogP contribution >= 0.6 is 11.8 Å². The molecule has 3 N–H and O–H groups in total. The number of rotatable bonds is 5. The first-order valence-corrected chi connectivity index (χ1v) is 8.48. The van der Waals surface area contributed by atoms with Gasteiger partial charge in [-0.1, -0.05) is 25.3 Å². The number of hydrogen-bond acceptors (Lipinski definition) is 3. The summed E-state index contributed by atoms with van der Waals surface area (Å²) in [6, 6.07) is 5.62. The van der Waals surface area contributed by atoms with Gasteiger partial charge in [-0.15, -0.1) is 0 Å². The summed E-state index contributed by atoms with van der Waals surface area (Å²) >= 11 is 1.96. The molecule has 1 amide bonds. The van der Waals surface area contributed by atoms with Crippen molar-refractivity contribution in [3.05, 3.63) is 23.8 Å². The average molecular weight is 292 g/mol. The van der Waals surface area contributed by atoms with Crippen molar-refractivity contribution in [1.29, 1.82) is 0 Å². The van der Waals surface area contributed by atoms with Crippen LogP contribution in [0.5, 0.6) is 0 Å². The third-order valence-corrected chi connectivity index (χ3v) is 5.27. The van der Waals surface area contributed by atoms with Crippen molar-refractivity contribution in [2.75, 3.05) is 16.8 Å². The highest BCUT2D eigenvalue weighted by molar-refractivity contribution is 7.99. The van der Waals surface area contributed by atoms with Crippen molar-refractivity contribution >= 4 is 29.0 Å². The lowest BCUT2D eigenvalue weighted by molar-refractivity contribution is -0.115. The monoisotopic (exact) mass is 292 g/mol. The van der Waals surface area contributed by atoms with Crippen LogP contribution in [0.2, 0.25) is 0 Å². The van der Waals surface area contributed by atoms with Gasteiger partial charge in [0.05, 0.1) is 0 Å². The van der Waals surface area contributed by atoms with E-state index in [-0.39, 0.29) is 5.91 Å². The van der Waals surface area contributed by atoms with E-state index in [1.807, 2.05) is 36.9 Å². The summed E-state index contributed by atoms with van der Waals surface area (Å²) in [6.45, 7) is 1.93. The molecule has 0 radical (unpaired) electrons. The van der Waals surface area contributed by atoms with Crippen LogP contribution in [0.3, 0.4) is 0 Å². The Morgan fingerprint density at radius 3 is 2.85 bits per heavy atom. The topological polar surface area (TPSA) is 55.1 Å². The summed E-state index contributed by atoms with van der Waals surface area (Å²) in [7, 11) is 0. The predicted octanol–water partition coefficient (Wildman–Crippen LogP) is 3.97. The molecule has 0 saturated heterocycles. The van der Waals surface area contributed by atoms with Gasteiger partial charge >= 0.3 is 0 Å². The maximum Gasteiger partial charge on any atom is 0.225 e. The van der Waals surface area contributed by atoms with Crippen LogP contribution in [0.15, 0.2) is 18.2 Å². The van der Waals surface area contributed by atoms with Crippen LogP contribution in [0.4, 0.5) is 11.4 Å². The van der Waals surface area contributed by atoms with Crippen molar-refractivity contribution in [2.24, 2.45) is 0 Å². The quantitative estimate of drug-likeness (QED) is 0.807. The lowest BCUT2D eigenvalue weighted by Gasteiger charge is -2.20. The van der Waals surface area contributed by atoms with Gasteiger partial charge in [0.25, 0.3) is 0 Å². The molecule has 4 heteroatoms. The summed E-state index contributed by atoms with van der Waals surface area (Å²) in [6.07, 6.45) is 7.31. The molecular weight excluding hydrogens is 268 g/mol. The Morgan fingerprint density at radius 2 is 2.10 bits per heavy atom. The Morgan fingerprint density at radius 1 is 1.35 bits per heavy atom. The third kappa shape index (κ3) is 4.44. The first kappa shape index (κ1) is 15.2. The summed E-state index contributed by atoms with van der Waals surface area (Å²) in [4.78, 5) is 12.0. The highest BCUT2D eigenvalue weighted by Gasteiger charge is 2.14. The molecule has 3 nitrogen and oxygen atoms in total. The Hall–Kier alpha value is -1.16.